The van der Waals surface area contributed by atoms with E-state index in [1.165, 1.54) is 11.1 Å². The molecule has 0 aliphatic heterocycles. The smallest absolute Gasteiger partial charge is 0.118 e. The molecule has 0 unspecified atom stereocenters. The van der Waals surface area contributed by atoms with Crippen LogP contribution in [-0.4, -0.2) is 19.0 Å². The third-order valence-corrected chi connectivity index (χ3v) is 3.16. The van der Waals surface area contributed by atoms with Gasteiger partial charge in [-0.05, 0) is 32.6 Å². The fourth-order valence-corrected chi connectivity index (χ4v) is 2.25. The monoisotopic (exact) mass is 258 g/mol. The second-order valence-corrected chi connectivity index (χ2v) is 4.98. The molecule has 3 heteroatoms. The summed E-state index contributed by atoms with van der Waals surface area (Å²) >= 11 is 0. The van der Waals surface area contributed by atoms with Gasteiger partial charge in [0.1, 0.15) is 11.5 Å². The molecule has 1 heterocycles. The summed E-state index contributed by atoms with van der Waals surface area (Å²) in [6.45, 7) is 4.68. The molecule has 2 aromatic rings. The van der Waals surface area contributed by atoms with E-state index in [0.717, 1.165) is 31.2 Å². The summed E-state index contributed by atoms with van der Waals surface area (Å²) in [6, 6.07) is 12.7. The van der Waals surface area contributed by atoms with Gasteiger partial charge in [0, 0.05) is 18.7 Å². The lowest BCUT2D eigenvalue weighted by Gasteiger charge is -2.16. The van der Waals surface area contributed by atoms with Crippen molar-refractivity contribution < 1.29 is 4.42 Å². The molecule has 0 bridgehead atoms. The van der Waals surface area contributed by atoms with E-state index in [4.69, 9.17) is 4.42 Å². The minimum absolute atomic E-state index is 0.781. The predicted octanol–water partition coefficient (Wildman–Crippen LogP) is 2.94. The van der Waals surface area contributed by atoms with Crippen LogP contribution in [-0.2, 0) is 19.6 Å². The Balaban J connectivity index is 1.96. The maximum absolute atomic E-state index is 5.72. The van der Waals surface area contributed by atoms with E-state index in [9.17, 15) is 0 Å². The summed E-state index contributed by atoms with van der Waals surface area (Å²) in [7, 11) is 4.07. The maximum atomic E-state index is 5.72. The number of hydrogen-bond acceptors (Lipinski definition) is 3. The maximum Gasteiger partial charge on any atom is 0.118 e. The Bertz CT molecular complexity index is 505. The van der Waals surface area contributed by atoms with Crippen LogP contribution < -0.4 is 5.32 Å². The van der Waals surface area contributed by atoms with Gasteiger partial charge in [-0.15, -0.1) is 0 Å². The normalized spacial score (nSPS) is 11.2. The molecule has 0 aliphatic carbocycles. The molecule has 2 rings (SSSR count). The van der Waals surface area contributed by atoms with Crippen LogP contribution in [0.25, 0.3) is 0 Å². The summed E-state index contributed by atoms with van der Waals surface area (Å²) in [6.07, 6.45) is 0. The number of rotatable bonds is 6. The third kappa shape index (κ3) is 3.94. The Labute approximate surface area is 115 Å². The van der Waals surface area contributed by atoms with Gasteiger partial charge in [-0.2, -0.15) is 0 Å². The van der Waals surface area contributed by atoms with Crippen molar-refractivity contribution in [1.82, 2.24) is 10.2 Å². The van der Waals surface area contributed by atoms with E-state index in [0.29, 0.717) is 0 Å². The van der Waals surface area contributed by atoms with Crippen molar-refractivity contribution in [3.63, 3.8) is 0 Å². The van der Waals surface area contributed by atoms with Crippen molar-refractivity contribution in [2.24, 2.45) is 0 Å². The van der Waals surface area contributed by atoms with Crippen LogP contribution in [0.5, 0.6) is 0 Å². The van der Waals surface area contributed by atoms with Crippen LogP contribution in [0.2, 0.25) is 0 Å². The molecule has 19 heavy (non-hydrogen) atoms. The molecule has 1 N–H and O–H groups in total. The average Bonchev–Trinajstić information content (AvgIpc) is 2.71. The van der Waals surface area contributed by atoms with E-state index in [-0.39, 0.29) is 0 Å². The van der Waals surface area contributed by atoms with Gasteiger partial charge >= 0.3 is 0 Å². The summed E-state index contributed by atoms with van der Waals surface area (Å²) in [5.41, 5.74) is 2.60. The lowest BCUT2D eigenvalue weighted by Crippen LogP contribution is -2.17. The summed E-state index contributed by atoms with van der Waals surface area (Å²) in [5, 5.41) is 3.11. The summed E-state index contributed by atoms with van der Waals surface area (Å²) < 4.78 is 5.72. The van der Waals surface area contributed by atoms with Crippen LogP contribution in [0.3, 0.4) is 0 Å². The first-order chi connectivity index (χ1) is 9.19. The number of nitrogens with zero attached hydrogens (tertiary/aromatic N) is 1. The Morgan fingerprint density at radius 2 is 1.89 bits per heavy atom. The van der Waals surface area contributed by atoms with Crippen molar-refractivity contribution in [2.45, 2.75) is 26.6 Å². The zero-order valence-corrected chi connectivity index (χ0v) is 11.9. The van der Waals surface area contributed by atoms with Crippen LogP contribution in [0.1, 0.15) is 22.6 Å². The Morgan fingerprint density at radius 3 is 2.58 bits per heavy atom. The van der Waals surface area contributed by atoms with E-state index < -0.39 is 0 Å². The van der Waals surface area contributed by atoms with E-state index in [1.54, 1.807) is 0 Å². The van der Waals surface area contributed by atoms with Crippen molar-refractivity contribution >= 4 is 0 Å². The van der Waals surface area contributed by atoms with Crippen molar-refractivity contribution in [3.05, 3.63) is 59.0 Å². The van der Waals surface area contributed by atoms with E-state index in [1.807, 2.05) is 20.0 Å². The molecule has 3 nitrogen and oxygen atoms in total. The fourth-order valence-electron chi connectivity index (χ4n) is 2.25. The van der Waals surface area contributed by atoms with Gasteiger partial charge in [-0.1, -0.05) is 30.3 Å². The largest absolute Gasteiger partial charge is 0.465 e. The van der Waals surface area contributed by atoms with Gasteiger partial charge in [-0.3, -0.25) is 4.90 Å². The molecule has 0 radical (unpaired) electrons. The van der Waals surface area contributed by atoms with Gasteiger partial charge in [0.2, 0.25) is 0 Å². The van der Waals surface area contributed by atoms with Gasteiger partial charge in [0.15, 0.2) is 0 Å². The summed E-state index contributed by atoms with van der Waals surface area (Å²) in [4.78, 5) is 2.30. The lowest BCUT2D eigenvalue weighted by molar-refractivity contribution is 0.316. The molecule has 1 aromatic carbocycles. The number of hydrogen-bond donors (Lipinski definition) is 1. The molecule has 0 saturated carbocycles. The minimum atomic E-state index is 0.781. The van der Waals surface area contributed by atoms with Gasteiger partial charge in [0.25, 0.3) is 0 Å². The number of aryl methyl sites for hydroxylation is 1. The molecule has 102 valence electrons. The Kier molecular flexibility index (Phi) is 4.77. The molecule has 0 saturated heterocycles. The molecular weight excluding hydrogens is 236 g/mol. The Morgan fingerprint density at radius 1 is 1.16 bits per heavy atom. The van der Waals surface area contributed by atoms with Crippen molar-refractivity contribution in [2.75, 3.05) is 14.1 Å². The van der Waals surface area contributed by atoms with Gasteiger partial charge in [0.05, 0.1) is 6.54 Å². The molecular formula is C16H22N2O. The second kappa shape index (κ2) is 6.55. The SMILES string of the molecule is CNCc1cc(CN(C)Cc2ccccc2)c(C)o1. The lowest BCUT2D eigenvalue weighted by atomic mass is 10.2. The van der Waals surface area contributed by atoms with Crippen LogP contribution in [0.4, 0.5) is 0 Å². The molecule has 0 atom stereocenters. The quantitative estimate of drug-likeness (QED) is 0.863. The average molecular weight is 258 g/mol. The number of furan rings is 1. The first kappa shape index (κ1) is 13.8. The summed E-state index contributed by atoms with van der Waals surface area (Å²) in [5.74, 6) is 2.02. The molecule has 0 fully saturated rings. The highest BCUT2D eigenvalue weighted by atomic mass is 16.3. The third-order valence-electron chi connectivity index (χ3n) is 3.16. The highest BCUT2D eigenvalue weighted by molar-refractivity contribution is 5.21. The highest BCUT2D eigenvalue weighted by Crippen LogP contribution is 2.17. The van der Waals surface area contributed by atoms with E-state index in [2.05, 4.69) is 47.6 Å². The highest BCUT2D eigenvalue weighted by Gasteiger charge is 2.09. The van der Waals surface area contributed by atoms with Crippen molar-refractivity contribution in [3.8, 4) is 0 Å². The first-order valence-electron chi connectivity index (χ1n) is 6.64. The van der Waals surface area contributed by atoms with E-state index >= 15 is 0 Å². The predicted molar refractivity (Wildman–Crippen MR) is 77.8 cm³/mol. The van der Waals surface area contributed by atoms with Crippen molar-refractivity contribution in [1.29, 1.82) is 0 Å². The first-order valence-corrected chi connectivity index (χ1v) is 6.64. The molecule has 0 amide bonds. The van der Waals surface area contributed by atoms with Gasteiger partial charge in [-0.25, -0.2) is 0 Å². The standard InChI is InChI=1S/C16H22N2O/c1-13-15(9-16(19-13)10-17-2)12-18(3)11-14-7-5-4-6-8-14/h4-9,17H,10-12H2,1-3H3. The fraction of sp³-hybridized carbons (Fsp3) is 0.375. The van der Waals surface area contributed by atoms with Crippen LogP contribution >= 0.6 is 0 Å². The number of benzene rings is 1. The van der Waals surface area contributed by atoms with Crippen LogP contribution in [0, 0.1) is 6.92 Å². The minimum Gasteiger partial charge on any atom is -0.465 e. The van der Waals surface area contributed by atoms with Crippen LogP contribution in [0.15, 0.2) is 40.8 Å². The number of nitrogens with one attached hydrogen (secondary N) is 1. The molecule has 0 spiro atoms. The molecule has 1 aromatic heterocycles. The Hall–Kier alpha value is -1.58. The molecule has 0 aliphatic rings. The zero-order chi connectivity index (χ0) is 13.7. The topological polar surface area (TPSA) is 28.4 Å². The van der Waals surface area contributed by atoms with Gasteiger partial charge < -0.3 is 9.73 Å². The second-order valence-electron chi connectivity index (χ2n) is 4.98. The zero-order valence-electron chi connectivity index (χ0n) is 11.9.